The molecule has 0 saturated heterocycles. The maximum atomic E-state index is 9.18. The van der Waals surface area contributed by atoms with Crippen molar-refractivity contribution >= 4 is 30.0 Å². The normalized spacial score (nSPS) is 13.8. The Balaban J connectivity index is 1.54. The summed E-state index contributed by atoms with van der Waals surface area (Å²) in [6.45, 7) is 0. The van der Waals surface area contributed by atoms with Crippen LogP contribution >= 0.6 is 11.8 Å². The van der Waals surface area contributed by atoms with Crippen molar-refractivity contribution in [3.8, 4) is 11.4 Å². The van der Waals surface area contributed by atoms with Gasteiger partial charge in [0.2, 0.25) is 0 Å². The van der Waals surface area contributed by atoms with E-state index in [2.05, 4.69) is 14.8 Å². The summed E-state index contributed by atoms with van der Waals surface area (Å²) in [5.41, 5.74) is 9.12. The van der Waals surface area contributed by atoms with Crippen molar-refractivity contribution in [2.75, 3.05) is 5.73 Å². The van der Waals surface area contributed by atoms with Crippen LogP contribution in [0, 0.1) is 0 Å². The maximum absolute atomic E-state index is 9.18. The average molecular weight is 366 g/mol. The Hall–Kier alpha value is -2.29. The molecule has 4 rings (SSSR count). The van der Waals surface area contributed by atoms with Crippen molar-refractivity contribution in [3.63, 3.8) is 0 Å². The predicted molar refractivity (Wildman–Crippen MR) is 104 cm³/mol. The lowest BCUT2D eigenvalue weighted by atomic mass is 9.80. The highest BCUT2D eigenvalue weighted by atomic mass is 32.2. The summed E-state index contributed by atoms with van der Waals surface area (Å²) in [7, 11) is -1.43. The Bertz CT molecular complexity index is 893. The molecule has 26 heavy (non-hydrogen) atoms. The topological polar surface area (TPSA) is 97.2 Å². The maximum Gasteiger partial charge on any atom is 0.488 e. The number of anilines is 1. The quantitative estimate of drug-likeness (QED) is 0.350. The Labute approximate surface area is 156 Å². The minimum Gasteiger partial charge on any atom is -0.423 e. The number of hydrogen-bond acceptors (Lipinski definition) is 6. The van der Waals surface area contributed by atoms with E-state index in [1.54, 1.807) is 23.9 Å². The smallest absolute Gasteiger partial charge is 0.423 e. The molecule has 1 aliphatic rings. The second-order valence-electron chi connectivity index (χ2n) is 6.43. The van der Waals surface area contributed by atoms with Crippen LogP contribution in [0.15, 0.2) is 53.7 Å². The van der Waals surface area contributed by atoms with Crippen LogP contribution in [0.2, 0.25) is 0 Å². The van der Waals surface area contributed by atoms with Gasteiger partial charge >= 0.3 is 7.12 Å². The largest absolute Gasteiger partial charge is 0.488 e. The summed E-state index contributed by atoms with van der Waals surface area (Å²) in [5, 5.41) is 28.1. The van der Waals surface area contributed by atoms with Gasteiger partial charge in [-0.25, -0.2) is 0 Å². The Kier molecular flexibility index (Phi) is 4.71. The summed E-state index contributed by atoms with van der Waals surface area (Å²) in [5.74, 6) is 1.63. The molecule has 2 aromatic carbocycles. The van der Waals surface area contributed by atoms with Gasteiger partial charge in [-0.15, -0.1) is 10.2 Å². The molecule has 6 nitrogen and oxygen atoms in total. The third-order valence-corrected chi connectivity index (χ3v) is 5.41. The third kappa shape index (κ3) is 3.62. The van der Waals surface area contributed by atoms with E-state index in [0.717, 1.165) is 46.4 Å². The van der Waals surface area contributed by atoms with Gasteiger partial charge in [-0.1, -0.05) is 36.0 Å². The Morgan fingerprint density at radius 3 is 2.35 bits per heavy atom. The lowest BCUT2D eigenvalue weighted by molar-refractivity contribution is 0.426. The van der Waals surface area contributed by atoms with Gasteiger partial charge in [0, 0.05) is 23.0 Å². The summed E-state index contributed by atoms with van der Waals surface area (Å²) in [6.07, 6.45) is 2.30. The van der Waals surface area contributed by atoms with Crippen molar-refractivity contribution in [2.45, 2.75) is 29.8 Å². The van der Waals surface area contributed by atoms with Gasteiger partial charge in [0.1, 0.15) is 0 Å². The van der Waals surface area contributed by atoms with E-state index in [1.807, 2.05) is 36.4 Å². The molecule has 0 bridgehead atoms. The lowest BCUT2D eigenvalue weighted by Gasteiger charge is -2.09. The van der Waals surface area contributed by atoms with Crippen LogP contribution in [0.3, 0.4) is 0 Å². The van der Waals surface area contributed by atoms with Crippen LogP contribution in [0.25, 0.3) is 11.4 Å². The Morgan fingerprint density at radius 2 is 1.73 bits per heavy atom. The summed E-state index contributed by atoms with van der Waals surface area (Å²) < 4.78 is 2.22. The molecule has 4 N–H and O–H groups in total. The molecular formula is C18H19BN4O2S. The minimum atomic E-state index is -1.43. The fourth-order valence-corrected chi connectivity index (χ4v) is 3.76. The van der Waals surface area contributed by atoms with Crippen molar-refractivity contribution in [1.82, 2.24) is 14.8 Å². The first-order chi connectivity index (χ1) is 12.6. The van der Waals surface area contributed by atoms with Crippen molar-refractivity contribution < 1.29 is 10.0 Å². The van der Waals surface area contributed by atoms with Crippen LogP contribution in [-0.2, 0) is 5.75 Å². The number of thioether (sulfide) groups is 1. The zero-order valence-electron chi connectivity index (χ0n) is 14.1. The van der Waals surface area contributed by atoms with Crippen molar-refractivity contribution in [2.24, 2.45) is 0 Å². The zero-order chi connectivity index (χ0) is 18.1. The molecule has 1 saturated carbocycles. The van der Waals surface area contributed by atoms with Crippen molar-refractivity contribution in [3.05, 3.63) is 54.1 Å². The molecule has 0 aliphatic heterocycles. The molecule has 0 spiro atoms. The van der Waals surface area contributed by atoms with Gasteiger partial charge in [0.25, 0.3) is 0 Å². The minimum absolute atomic E-state index is 0.465. The first-order valence-corrected chi connectivity index (χ1v) is 9.49. The standard InChI is InChI=1S/C18H19BN4O2S/c20-15-7-3-13(4-8-15)17-21-22-18(23(17)16-9-10-16)26-11-12-1-5-14(6-2-12)19(24)25/h1-8,16,24-25H,9-11,20H2. The van der Waals surface area contributed by atoms with E-state index in [0.29, 0.717) is 11.5 Å². The van der Waals surface area contributed by atoms with Gasteiger partial charge in [0.05, 0.1) is 0 Å². The number of aromatic nitrogens is 3. The van der Waals surface area contributed by atoms with E-state index in [-0.39, 0.29) is 0 Å². The molecule has 0 atom stereocenters. The first kappa shape index (κ1) is 17.1. The number of nitrogen functional groups attached to an aromatic ring is 1. The van der Waals surface area contributed by atoms with Crippen LogP contribution in [0.5, 0.6) is 0 Å². The summed E-state index contributed by atoms with van der Waals surface area (Å²) in [4.78, 5) is 0. The zero-order valence-corrected chi connectivity index (χ0v) is 14.9. The molecule has 1 aromatic heterocycles. The van der Waals surface area contributed by atoms with Crippen LogP contribution in [0.1, 0.15) is 24.4 Å². The van der Waals surface area contributed by atoms with Crippen LogP contribution in [0.4, 0.5) is 5.69 Å². The number of hydrogen-bond donors (Lipinski definition) is 3. The first-order valence-electron chi connectivity index (χ1n) is 8.50. The van der Waals surface area contributed by atoms with Crippen molar-refractivity contribution in [1.29, 1.82) is 0 Å². The highest BCUT2D eigenvalue weighted by molar-refractivity contribution is 7.98. The SMILES string of the molecule is Nc1ccc(-c2nnc(SCc3ccc(B(O)O)cc3)n2C2CC2)cc1. The van der Waals surface area contributed by atoms with Crippen LogP contribution in [-0.4, -0.2) is 31.9 Å². The number of benzene rings is 2. The highest BCUT2D eigenvalue weighted by Gasteiger charge is 2.30. The fourth-order valence-electron chi connectivity index (χ4n) is 2.80. The summed E-state index contributed by atoms with van der Waals surface area (Å²) in [6, 6.07) is 15.4. The van der Waals surface area contributed by atoms with Gasteiger partial charge in [-0.2, -0.15) is 0 Å². The molecule has 3 aromatic rings. The fraction of sp³-hybridized carbons (Fsp3) is 0.222. The molecule has 132 valence electrons. The molecule has 1 fully saturated rings. The molecule has 0 radical (unpaired) electrons. The number of nitrogens with zero attached hydrogens (tertiary/aromatic N) is 3. The molecule has 0 unspecified atom stereocenters. The van der Waals surface area contributed by atoms with Gasteiger partial charge in [-0.3, -0.25) is 4.57 Å². The van der Waals surface area contributed by atoms with E-state index >= 15 is 0 Å². The van der Waals surface area contributed by atoms with E-state index in [1.165, 1.54) is 0 Å². The number of nitrogens with two attached hydrogens (primary N) is 1. The monoisotopic (exact) mass is 366 g/mol. The second kappa shape index (κ2) is 7.15. The lowest BCUT2D eigenvalue weighted by Crippen LogP contribution is -2.29. The molecule has 8 heteroatoms. The van der Waals surface area contributed by atoms with Gasteiger partial charge in [-0.05, 0) is 48.1 Å². The molecule has 1 heterocycles. The van der Waals surface area contributed by atoms with Crippen LogP contribution < -0.4 is 11.2 Å². The van der Waals surface area contributed by atoms with E-state index in [4.69, 9.17) is 5.73 Å². The number of rotatable bonds is 6. The second-order valence-corrected chi connectivity index (χ2v) is 7.38. The summed E-state index contributed by atoms with van der Waals surface area (Å²) >= 11 is 1.64. The Morgan fingerprint density at radius 1 is 1.04 bits per heavy atom. The third-order valence-electron chi connectivity index (χ3n) is 4.39. The average Bonchev–Trinajstić information content (AvgIpc) is 3.40. The predicted octanol–water partition coefficient (Wildman–Crippen LogP) is 1.83. The molecule has 1 aliphatic carbocycles. The molecule has 0 amide bonds. The van der Waals surface area contributed by atoms with Gasteiger partial charge < -0.3 is 15.8 Å². The van der Waals surface area contributed by atoms with E-state index in [9.17, 15) is 10.0 Å². The van der Waals surface area contributed by atoms with E-state index < -0.39 is 7.12 Å². The highest BCUT2D eigenvalue weighted by Crippen LogP contribution is 2.41. The van der Waals surface area contributed by atoms with Gasteiger partial charge in [0.15, 0.2) is 11.0 Å². The molecular weight excluding hydrogens is 347 g/mol.